The summed E-state index contributed by atoms with van der Waals surface area (Å²) in [6.45, 7) is 4.24. The summed E-state index contributed by atoms with van der Waals surface area (Å²) in [6, 6.07) is 20.0. The molecule has 0 aliphatic rings. The van der Waals surface area contributed by atoms with Crippen molar-refractivity contribution in [2.45, 2.75) is 25.7 Å². The van der Waals surface area contributed by atoms with Gasteiger partial charge in [0.2, 0.25) is 5.85 Å². The second kappa shape index (κ2) is 8.92. The van der Waals surface area contributed by atoms with Crippen LogP contribution in [0.2, 0.25) is 0 Å². The number of halogens is 1. The van der Waals surface area contributed by atoms with Gasteiger partial charge in [-0.15, -0.1) is 0 Å². The largest absolute Gasteiger partial charge is 0.343 e. The maximum atomic E-state index is 15.2. The van der Waals surface area contributed by atoms with Crippen molar-refractivity contribution in [1.82, 2.24) is 5.32 Å². The van der Waals surface area contributed by atoms with Gasteiger partial charge in [-0.3, -0.25) is 0 Å². The Kier molecular flexibility index (Phi) is 6.91. The lowest BCUT2D eigenvalue weighted by molar-refractivity contribution is -0.170. The number of benzene rings is 2. The Morgan fingerprint density at radius 2 is 1.50 bits per heavy atom. The Hall–Kier alpha value is -1.75. The summed E-state index contributed by atoms with van der Waals surface area (Å²) in [5.41, 5.74) is 7.64. The zero-order valence-electron chi connectivity index (χ0n) is 14.4. The fourth-order valence-corrected chi connectivity index (χ4v) is 2.61. The van der Waals surface area contributed by atoms with Crippen LogP contribution in [0.5, 0.6) is 0 Å². The molecule has 3 N–H and O–H groups in total. The topological polar surface area (TPSA) is 47.3 Å². The summed E-state index contributed by atoms with van der Waals surface area (Å²) in [7, 11) is 0. The molecule has 0 saturated heterocycles. The maximum absolute atomic E-state index is 15.2. The van der Waals surface area contributed by atoms with Crippen molar-refractivity contribution in [2.75, 3.05) is 19.7 Å². The minimum atomic E-state index is -1.75. The lowest BCUT2D eigenvalue weighted by atomic mass is 9.97. The van der Waals surface area contributed by atoms with Crippen molar-refractivity contribution in [2.24, 2.45) is 11.7 Å². The molecule has 1 unspecified atom stereocenters. The van der Waals surface area contributed by atoms with Crippen molar-refractivity contribution >= 4 is 0 Å². The molecule has 2 aromatic carbocycles. The smallest absolute Gasteiger partial charge is 0.224 e. The molecule has 4 heteroatoms. The van der Waals surface area contributed by atoms with E-state index in [2.05, 4.69) is 5.32 Å². The third-order valence-corrected chi connectivity index (χ3v) is 4.14. The third kappa shape index (κ3) is 4.87. The number of ether oxygens (including phenoxy) is 1. The number of nitrogens with two attached hydrogens (primary N) is 1. The van der Waals surface area contributed by atoms with Crippen LogP contribution in [0.15, 0.2) is 60.7 Å². The minimum Gasteiger partial charge on any atom is -0.343 e. The van der Waals surface area contributed by atoms with Crippen molar-refractivity contribution in [1.29, 1.82) is 0 Å². The highest BCUT2D eigenvalue weighted by Crippen LogP contribution is 2.27. The van der Waals surface area contributed by atoms with Crippen molar-refractivity contribution < 1.29 is 9.13 Å². The molecule has 0 amide bonds. The molecule has 24 heavy (non-hydrogen) atoms. The van der Waals surface area contributed by atoms with E-state index in [0.717, 1.165) is 11.1 Å². The van der Waals surface area contributed by atoms with Crippen molar-refractivity contribution in [3.8, 4) is 0 Å². The number of rotatable bonds is 9. The van der Waals surface area contributed by atoms with Gasteiger partial charge in [0.15, 0.2) is 0 Å². The minimum absolute atomic E-state index is 0.0947. The number of nitrogens with one attached hydrogen (secondary N) is 1. The zero-order valence-corrected chi connectivity index (χ0v) is 14.4. The first-order valence-electron chi connectivity index (χ1n) is 8.43. The molecule has 0 radical (unpaired) electrons. The van der Waals surface area contributed by atoms with E-state index in [0.29, 0.717) is 6.54 Å². The number of alkyl halides is 1. The second-order valence-corrected chi connectivity index (χ2v) is 6.21. The first kappa shape index (κ1) is 18.6. The molecule has 0 heterocycles. The van der Waals surface area contributed by atoms with Crippen LogP contribution < -0.4 is 11.1 Å². The van der Waals surface area contributed by atoms with Gasteiger partial charge < -0.3 is 15.8 Å². The normalized spacial score (nSPS) is 14.1. The van der Waals surface area contributed by atoms with Crippen LogP contribution in [0.25, 0.3) is 0 Å². The van der Waals surface area contributed by atoms with Gasteiger partial charge in [0, 0.05) is 12.5 Å². The average Bonchev–Trinajstić information content (AvgIpc) is 2.62. The van der Waals surface area contributed by atoms with Gasteiger partial charge in [-0.2, -0.15) is 0 Å². The number of hydrogen-bond acceptors (Lipinski definition) is 3. The van der Waals surface area contributed by atoms with Crippen molar-refractivity contribution in [3.05, 3.63) is 71.8 Å². The predicted octanol–water partition coefficient (Wildman–Crippen LogP) is 3.66. The molecule has 0 aliphatic carbocycles. The van der Waals surface area contributed by atoms with E-state index in [1.165, 1.54) is 0 Å². The molecule has 0 spiro atoms. The van der Waals surface area contributed by atoms with E-state index in [4.69, 9.17) is 10.5 Å². The van der Waals surface area contributed by atoms with Gasteiger partial charge in [-0.25, -0.2) is 4.39 Å². The molecule has 130 valence electrons. The molecule has 3 nitrogen and oxygen atoms in total. The molecule has 0 aromatic heterocycles. The monoisotopic (exact) mass is 330 g/mol. The molecule has 2 rings (SSSR count). The Morgan fingerprint density at radius 3 is 1.92 bits per heavy atom. The summed E-state index contributed by atoms with van der Waals surface area (Å²) in [5.74, 6) is -2.02. The Morgan fingerprint density at radius 1 is 1.00 bits per heavy atom. The first-order chi connectivity index (χ1) is 11.6. The summed E-state index contributed by atoms with van der Waals surface area (Å²) >= 11 is 0. The SMILES string of the molecule is CC(C)C(F)(CNC(c1ccccc1)c1ccccc1)OCCN. The van der Waals surface area contributed by atoms with E-state index in [-0.39, 0.29) is 25.1 Å². The van der Waals surface area contributed by atoms with Gasteiger partial charge in [0.1, 0.15) is 0 Å². The van der Waals surface area contributed by atoms with Crippen LogP contribution in [0.3, 0.4) is 0 Å². The van der Waals surface area contributed by atoms with Gasteiger partial charge in [0.05, 0.1) is 19.2 Å². The second-order valence-electron chi connectivity index (χ2n) is 6.21. The quantitative estimate of drug-likeness (QED) is 0.737. The van der Waals surface area contributed by atoms with Crippen LogP contribution >= 0.6 is 0 Å². The summed E-state index contributed by atoms with van der Waals surface area (Å²) < 4.78 is 20.6. The maximum Gasteiger partial charge on any atom is 0.224 e. The molecule has 1 atom stereocenters. The highest BCUT2D eigenvalue weighted by Gasteiger charge is 2.35. The summed E-state index contributed by atoms with van der Waals surface area (Å²) in [5, 5.41) is 3.34. The van der Waals surface area contributed by atoms with Gasteiger partial charge in [-0.1, -0.05) is 74.5 Å². The fraction of sp³-hybridized carbons (Fsp3) is 0.400. The van der Waals surface area contributed by atoms with Crippen molar-refractivity contribution in [3.63, 3.8) is 0 Å². The number of hydrogen-bond donors (Lipinski definition) is 2. The Balaban J connectivity index is 2.19. The van der Waals surface area contributed by atoms with E-state index in [9.17, 15) is 0 Å². The van der Waals surface area contributed by atoms with Crippen LogP contribution in [-0.2, 0) is 4.74 Å². The molecule has 0 aliphatic heterocycles. The fourth-order valence-electron chi connectivity index (χ4n) is 2.61. The molecule has 0 saturated carbocycles. The summed E-state index contributed by atoms with van der Waals surface area (Å²) in [4.78, 5) is 0. The lowest BCUT2D eigenvalue weighted by Crippen LogP contribution is -2.45. The van der Waals surface area contributed by atoms with Gasteiger partial charge >= 0.3 is 0 Å². The van der Waals surface area contributed by atoms with E-state index < -0.39 is 5.85 Å². The third-order valence-electron chi connectivity index (χ3n) is 4.14. The highest BCUT2D eigenvalue weighted by molar-refractivity contribution is 5.31. The van der Waals surface area contributed by atoms with Crippen LogP contribution in [0.1, 0.15) is 31.0 Å². The first-order valence-corrected chi connectivity index (χ1v) is 8.43. The molecule has 0 fully saturated rings. The lowest BCUT2D eigenvalue weighted by Gasteiger charge is -2.32. The Labute approximate surface area is 144 Å². The van der Waals surface area contributed by atoms with E-state index in [1.807, 2.05) is 74.5 Å². The highest BCUT2D eigenvalue weighted by atomic mass is 19.2. The molecule has 0 bridgehead atoms. The van der Waals surface area contributed by atoms with Crippen LogP contribution in [0.4, 0.5) is 4.39 Å². The molecular formula is C20H27FN2O. The van der Waals surface area contributed by atoms with Gasteiger partial charge in [0.25, 0.3) is 0 Å². The standard InChI is InChI=1S/C20H27FN2O/c1-16(2)20(21,24-14-13-22)15-23-19(17-9-5-3-6-10-17)18-11-7-4-8-12-18/h3-12,16,19,23H,13-15,22H2,1-2H3. The summed E-state index contributed by atoms with van der Waals surface area (Å²) in [6.07, 6.45) is 0. The molecule has 2 aromatic rings. The van der Waals surface area contributed by atoms with Crippen LogP contribution in [-0.4, -0.2) is 25.6 Å². The van der Waals surface area contributed by atoms with Gasteiger partial charge in [-0.05, 0) is 11.1 Å². The predicted molar refractivity (Wildman–Crippen MR) is 96.4 cm³/mol. The Bertz CT molecular complexity index is 552. The molecular weight excluding hydrogens is 303 g/mol. The van der Waals surface area contributed by atoms with E-state index >= 15 is 4.39 Å². The van der Waals surface area contributed by atoms with Crippen LogP contribution in [0, 0.1) is 5.92 Å². The average molecular weight is 330 g/mol. The zero-order chi connectivity index (χ0) is 17.4. The van der Waals surface area contributed by atoms with E-state index in [1.54, 1.807) is 0 Å².